The molecule has 1 rings (SSSR count). The third-order valence-corrected chi connectivity index (χ3v) is 2.25. The van der Waals surface area contributed by atoms with E-state index in [1.165, 1.54) is 6.92 Å². The summed E-state index contributed by atoms with van der Waals surface area (Å²) in [6.45, 7) is 1.45. The van der Waals surface area contributed by atoms with Crippen LogP contribution in [-0.4, -0.2) is 18.9 Å². The van der Waals surface area contributed by atoms with E-state index in [0.717, 1.165) is 6.07 Å². The largest absolute Gasteiger partial charge is 0.461 e. The number of alkyl halides is 1. The molecule has 1 aromatic carbocycles. The molecule has 1 atom stereocenters. The Balaban J connectivity index is 2.85. The molecule has 0 spiro atoms. The van der Waals surface area contributed by atoms with E-state index in [1.54, 1.807) is 0 Å². The number of hydrogen-bond acceptors (Lipinski definition) is 3. The Kier molecular flexibility index (Phi) is 4.80. The van der Waals surface area contributed by atoms with Crippen molar-refractivity contribution in [2.45, 2.75) is 13.3 Å². The fraction of sp³-hybridized carbons (Fsp3) is 0.300. The number of carbonyl (C=O) groups is 1. The van der Waals surface area contributed by atoms with Crippen molar-refractivity contribution in [3.63, 3.8) is 0 Å². The molecule has 0 heterocycles. The average molecular weight is 313 g/mol. The molecule has 0 N–H and O–H groups in total. The van der Waals surface area contributed by atoms with Crippen molar-refractivity contribution in [2.75, 3.05) is 6.61 Å². The van der Waals surface area contributed by atoms with E-state index in [4.69, 9.17) is 0 Å². The zero-order valence-electron chi connectivity index (χ0n) is 8.68. The second-order valence-corrected chi connectivity index (χ2v) is 3.74. The van der Waals surface area contributed by atoms with Crippen molar-refractivity contribution in [3.05, 3.63) is 28.2 Å². The lowest BCUT2D eigenvalue weighted by atomic mass is 10.3. The van der Waals surface area contributed by atoms with E-state index in [2.05, 4.69) is 25.4 Å². The molecule has 7 heteroatoms. The Morgan fingerprint density at radius 3 is 2.65 bits per heavy atom. The van der Waals surface area contributed by atoms with Crippen LogP contribution in [0, 0.1) is 11.6 Å². The summed E-state index contributed by atoms with van der Waals surface area (Å²) in [6.07, 6.45) is -2.47. The van der Waals surface area contributed by atoms with Crippen LogP contribution in [-0.2, 0) is 9.53 Å². The minimum atomic E-state index is -2.47. The summed E-state index contributed by atoms with van der Waals surface area (Å²) in [6, 6.07) is 1.40. The van der Waals surface area contributed by atoms with Crippen LogP contribution in [0.2, 0.25) is 0 Å². The van der Waals surface area contributed by atoms with Crippen LogP contribution in [0.15, 0.2) is 16.6 Å². The van der Waals surface area contributed by atoms with Gasteiger partial charge in [-0.2, -0.15) is 4.39 Å². The van der Waals surface area contributed by atoms with Crippen molar-refractivity contribution in [2.24, 2.45) is 0 Å². The molecule has 0 aliphatic rings. The van der Waals surface area contributed by atoms with Gasteiger partial charge in [0.25, 0.3) is 0 Å². The lowest BCUT2D eigenvalue weighted by molar-refractivity contribution is -0.160. The summed E-state index contributed by atoms with van der Waals surface area (Å²) in [7, 11) is 0. The summed E-state index contributed by atoms with van der Waals surface area (Å²) < 4.78 is 47.7. The number of esters is 1. The molecular weight excluding hydrogens is 305 g/mol. The zero-order valence-corrected chi connectivity index (χ0v) is 10.3. The fourth-order valence-corrected chi connectivity index (χ4v) is 1.50. The molecule has 0 aromatic heterocycles. The van der Waals surface area contributed by atoms with E-state index in [9.17, 15) is 18.0 Å². The van der Waals surface area contributed by atoms with Gasteiger partial charge in [0.05, 0.1) is 11.1 Å². The van der Waals surface area contributed by atoms with Gasteiger partial charge in [0.2, 0.25) is 0 Å². The standard InChI is InChI=1S/C10H8BrF3O3/c1-2-16-10(15)9(14)17-8-6(11)3-5(12)4-7(8)13/h3-4,9H,2H2,1H3. The van der Waals surface area contributed by atoms with Gasteiger partial charge in [-0.25, -0.2) is 13.6 Å². The summed E-state index contributed by atoms with van der Waals surface area (Å²) in [5, 5.41) is 0. The predicted molar refractivity (Wildman–Crippen MR) is 56.2 cm³/mol. The Morgan fingerprint density at radius 1 is 1.47 bits per heavy atom. The zero-order chi connectivity index (χ0) is 13.0. The predicted octanol–water partition coefficient (Wildman–Crippen LogP) is 2.96. The van der Waals surface area contributed by atoms with Crippen molar-refractivity contribution in [3.8, 4) is 5.75 Å². The summed E-state index contributed by atoms with van der Waals surface area (Å²) in [5.41, 5.74) is 0. The molecule has 0 bridgehead atoms. The Morgan fingerprint density at radius 2 is 2.12 bits per heavy atom. The molecule has 3 nitrogen and oxygen atoms in total. The highest BCUT2D eigenvalue weighted by atomic mass is 79.9. The molecule has 0 aliphatic carbocycles. The number of ether oxygens (including phenoxy) is 2. The lowest BCUT2D eigenvalue weighted by Crippen LogP contribution is -2.25. The van der Waals surface area contributed by atoms with Crippen LogP contribution in [0.5, 0.6) is 5.75 Å². The maximum Gasteiger partial charge on any atom is 0.381 e. The third kappa shape index (κ3) is 3.62. The van der Waals surface area contributed by atoms with Gasteiger partial charge >= 0.3 is 12.3 Å². The Hall–Kier alpha value is -1.24. The molecule has 94 valence electrons. The summed E-state index contributed by atoms with van der Waals surface area (Å²) >= 11 is 2.79. The monoisotopic (exact) mass is 312 g/mol. The maximum atomic E-state index is 13.2. The van der Waals surface area contributed by atoms with Crippen molar-refractivity contribution >= 4 is 21.9 Å². The molecule has 1 unspecified atom stereocenters. The SMILES string of the molecule is CCOC(=O)C(F)Oc1c(F)cc(F)cc1Br. The van der Waals surface area contributed by atoms with Crippen LogP contribution >= 0.6 is 15.9 Å². The summed E-state index contributed by atoms with van der Waals surface area (Å²) in [4.78, 5) is 10.9. The van der Waals surface area contributed by atoms with Crippen LogP contribution < -0.4 is 4.74 Å². The first kappa shape index (κ1) is 13.8. The van der Waals surface area contributed by atoms with E-state index in [0.29, 0.717) is 6.07 Å². The van der Waals surface area contributed by atoms with Crippen LogP contribution in [0.4, 0.5) is 13.2 Å². The Labute approximate surface area is 104 Å². The minimum Gasteiger partial charge on any atom is -0.461 e. The second-order valence-electron chi connectivity index (χ2n) is 2.88. The number of rotatable bonds is 4. The molecule has 0 saturated heterocycles. The topological polar surface area (TPSA) is 35.5 Å². The number of carbonyl (C=O) groups excluding carboxylic acids is 1. The van der Waals surface area contributed by atoms with Gasteiger partial charge in [0.1, 0.15) is 5.82 Å². The highest BCUT2D eigenvalue weighted by Crippen LogP contribution is 2.30. The molecule has 0 radical (unpaired) electrons. The van der Waals surface area contributed by atoms with E-state index < -0.39 is 29.7 Å². The number of benzene rings is 1. The van der Waals surface area contributed by atoms with Gasteiger partial charge in [0, 0.05) is 6.07 Å². The first-order valence-corrected chi connectivity index (χ1v) is 5.37. The van der Waals surface area contributed by atoms with Gasteiger partial charge in [0.15, 0.2) is 11.6 Å². The van der Waals surface area contributed by atoms with E-state index in [-0.39, 0.29) is 11.1 Å². The second kappa shape index (κ2) is 5.90. The lowest BCUT2D eigenvalue weighted by Gasteiger charge is -2.12. The van der Waals surface area contributed by atoms with Crippen molar-refractivity contribution in [1.29, 1.82) is 0 Å². The molecule has 0 saturated carbocycles. The molecule has 17 heavy (non-hydrogen) atoms. The highest BCUT2D eigenvalue weighted by Gasteiger charge is 2.23. The molecule has 0 fully saturated rings. The molecule has 0 aliphatic heterocycles. The average Bonchev–Trinajstić information content (AvgIpc) is 2.23. The molecule has 0 amide bonds. The van der Waals surface area contributed by atoms with Crippen molar-refractivity contribution < 1.29 is 27.4 Å². The smallest absolute Gasteiger partial charge is 0.381 e. The van der Waals surface area contributed by atoms with Crippen molar-refractivity contribution in [1.82, 2.24) is 0 Å². The van der Waals surface area contributed by atoms with Gasteiger partial charge in [-0.3, -0.25) is 0 Å². The van der Waals surface area contributed by atoms with Crippen LogP contribution in [0.3, 0.4) is 0 Å². The van der Waals surface area contributed by atoms with Gasteiger partial charge in [-0.05, 0) is 28.9 Å². The van der Waals surface area contributed by atoms with Crippen LogP contribution in [0.1, 0.15) is 6.92 Å². The molecule has 1 aromatic rings. The van der Waals surface area contributed by atoms with Gasteiger partial charge in [-0.1, -0.05) is 0 Å². The maximum absolute atomic E-state index is 13.2. The Bertz CT molecular complexity index is 402. The number of hydrogen-bond donors (Lipinski definition) is 0. The minimum absolute atomic E-state index is 0.0321. The normalized spacial score (nSPS) is 12.1. The van der Waals surface area contributed by atoms with E-state index in [1.807, 2.05) is 0 Å². The van der Waals surface area contributed by atoms with Crippen LogP contribution in [0.25, 0.3) is 0 Å². The van der Waals surface area contributed by atoms with E-state index >= 15 is 0 Å². The quantitative estimate of drug-likeness (QED) is 0.802. The molecular formula is C10H8BrF3O3. The summed E-state index contributed by atoms with van der Waals surface area (Å²) in [5.74, 6) is -3.84. The third-order valence-electron chi connectivity index (χ3n) is 1.66. The first-order chi connectivity index (χ1) is 7.95. The number of halogens is 4. The van der Waals surface area contributed by atoms with Gasteiger partial charge in [-0.15, -0.1) is 0 Å². The first-order valence-electron chi connectivity index (χ1n) is 4.57. The highest BCUT2D eigenvalue weighted by molar-refractivity contribution is 9.10. The fourth-order valence-electron chi connectivity index (χ4n) is 1.00. The van der Waals surface area contributed by atoms with Gasteiger partial charge < -0.3 is 9.47 Å².